The van der Waals surface area contributed by atoms with Crippen LogP contribution in [-0.4, -0.2) is 30.1 Å². The molecule has 0 spiro atoms. The third-order valence-corrected chi connectivity index (χ3v) is 3.07. The highest BCUT2D eigenvalue weighted by Gasteiger charge is 2.23. The van der Waals surface area contributed by atoms with Crippen molar-refractivity contribution in [2.24, 2.45) is 0 Å². The Morgan fingerprint density at radius 3 is 3.07 bits per heavy atom. The van der Waals surface area contributed by atoms with Crippen molar-refractivity contribution in [3.8, 4) is 0 Å². The topological polar surface area (TPSA) is 28.2 Å². The molecule has 5 heteroatoms. The van der Waals surface area contributed by atoms with Crippen molar-refractivity contribution < 1.29 is 4.39 Å². The molecule has 3 nitrogen and oxygen atoms in total. The Balaban J connectivity index is 2.13. The van der Waals surface area contributed by atoms with Gasteiger partial charge in [-0.3, -0.25) is 5.43 Å². The number of hydrogen-bond donors (Lipinski definition) is 1. The molecule has 1 aliphatic heterocycles. The van der Waals surface area contributed by atoms with E-state index in [0.717, 1.165) is 25.1 Å². The summed E-state index contributed by atoms with van der Waals surface area (Å²) in [7, 11) is 1.89. The van der Waals surface area contributed by atoms with Crippen molar-refractivity contribution in [1.82, 2.24) is 15.4 Å². The molecule has 1 fully saturated rings. The van der Waals surface area contributed by atoms with Crippen LogP contribution in [0.5, 0.6) is 0 Å². The summed E-state index contributed by atoms with van der Waals surface area (Å²) in [5.41, 5.74) is 4.01. The highest BCUT2D eigenvalue weighted by molar-refractivity contribution is 6.29. The number of pyridine rings is 1. The average molecular weight is 230 g/mol. The lowest BCUT2D eigenvalue weighted by Crippen LogP contribution is -2.32. The molecular formula is C10H13ClFN3. The Bertz CT molecular complexity index is 359. The lowest BCUT2D eigenvalue weighted by molar-refractivity contribution is 0.258. The summed E-state index contributed by atoms with van der Waals surface area (Å²) < 4.78 is 13.2. The number of nitrogens with one attached hydrogen (secondary N) is 1. The van der Waals surface area contributed by atoms with Crippen LogP contribution in [0.1, 0.15) is 17.9 Å². The molecule has 0 amide bonds. The summed E-state index contributed by atoms with van der Waals surface area (Å²) in [5, 5.41) is 2.05. The van der Waals surface area contributed by atoms with Gasteiger partial charge in [0.25, 0.3) is 0 Å². The maximum atomic E-state index is 13.2. The van der Waals surface area contributed by atoms with E-state index in [1.807, 2.05) is 7.05 Å². The average Bonchev–Trinajstić information content (AvgIpc) is 2.70. The van der Waals surface area contributed by atoms with Crippen molar-refractivity contribution in [3.05, 3.63) is 28.8 Å². The first kappa shape index (κ1) is 10.8. The Morgan fingerprint density at radius 1 is 1.67 bits per heavy atom. The maximum Gasteiger partial charge on any atom is 0.164 e. The van der Waals surface area contributed by atoms with Gasteiger partial charge in [0, 0.05) is 25.2 Å². The van der Waals surface area contributed by atoms with Crippen LogP contribution >= 0.6 is 11.6 Å². The second-order valence-corrected chi connectivity index (χ2v) is 4.05. The van der Waals surface area contributed by atoms with E-state index in [0.29, 0.717) is 5.92 Å². The van der Waals surface area contributed by atoms with Gasteiger partial charge in [-0.15, -0.1) is 0 Å². The zero-order valence-electron chi connectivity index (χ0n) is 8.50. The van der Waals surface area contributed by atoms with E-state index in [-0.39, 0.29) is 5.15 Å². The number of aromatic nitrogens is 1. The van der Waals surface area contributed by atoms with Crippen molar-refractivity contribution in [1.29, 1.82) is 0 Å². The van der Waals surface area contributed by atoms with E-state index < -0.39 is 5.82 Å². The molecule has 1 saturated heterocycles. The van der Waals surface area contributed by atoms with Crippen LogP contribution in [0.3, 0.4) is 0 Å². The van der Waals surface area contributed by atoms with Gasteiger partial charge >= 0.3 is 0 Å². The van der Waals surface area contributed by atoms with Gasteiger partial charge in [-0.25, -0.2) is 14.4 Å². The fourth-order valence-electron chi connectivity index (χ4n) is 1.89. The standard InChI is InChI=1S/C10H13ClFN3/c1-13-15-3-2-7(6-15)8-4-9(12)10(11)14-5-8/h4-5,7,13H,2-3,6H2,1H3/t7-/m0/s1. The van der Waals surface area contributed by atoms with Gasteiger partial charge in [0.1, 0.15) is 0 Å². The van der Waals surface area contributed by atoms with E-state index >= 15 is 0 Å². The Labute approximate surface area is 93.2 Å². The largest absolute Gasteiger partial charge is 0.258 e. The summed E-state index contributed by atoms with van der Waals surface area (Å²) in [6, 6.07) is 1.49. The predicted octanol–water partition coefficient (Wildman–Crippen LogP) is 1.80. The first-order valence-electron chi connectivity index (χ1n) is 4.94. The molecule has 1 N–H and O–H groups in total. The molecule has 0 bridgehead atoms. The Hall–Kier alpha value is -0.710. The van der Waals surface area contributed by atoms with Gasteiger partial charge < -0.3 is 0 Å². The number of hydrogen-bond acceptors (Lipinski definition) is 3. The molecule has 82 valence electrons. The molecular weight excluding hydrogens is 217 g/mol. The zero-order chi connectivity index (χ0) is 10.8. The minimum atomic E-state index is -0.433. The number of nitrogens with zero attached hydrogens (tertiary/aromatic N) is 2. The second-order valence-electron chi connectivity index (χ2n) is 3.70. The van der Waals surface area contributed by atoms with Gasteiger partial charge in [-0.05, 0) is 25.1 Å². The molecule has 0 aromatic carbocycles. The van der Waals surface area contributed by atoms with Gasteiger partial charge in [0.15, 0.2) is 11.0 Å². The first-order chi connectivity index (χ1) is 7.20. The minimum absolute atomic E-state index is 0.0535. The van der Waals surface area contributed by atoms with E-state index in [1.165, 1.54) is 6.07 Å². The van der Waals surface area contributed by atoms with E-state index in [9.17, 15) is 4.39 Å². The fourth-order valence-corrected chi connectivity index (χ4v) is 2.00. The van der Waals surface area contributed by atoms with Crippen LogP contribution in [0, 0.1) is 5.82 Å². The Kier molecular flexibility index (Phi) is 3.19. The summed E-state index contributed by atoms with van der Waals surface area (Å²) >= 11 is 5.53. The van der Waals surface area contributed by atoms with Gasteiger partial charge in [0.2, 0.25) is 0 Å². The van der Waals surface area contributed by atoms with Gasteiger partial charge in [-0.1, -0.05) is 11.6 Å². The molecule has 15 heavy (non-hydrogen) atoms. The van der Waals surface area contributed by atoms with Crippen molar-refractivity contribution >= 4 is 11.6 Å². The van der Waals surface area contributed by atoms with Crippen LogP contribution in [0.15, 0.2) is 12.3 Å². The van der Waals surface area contributed by atoms with Crippen molar-refractivity contribution in [2.75, 3.05) is 20.1 Å². The number of rotatable bonds is 2. The molecule has 1 aromatic rings. The summed E-state index contributed by atoms with van der Waals surface area (Å²) in [5.74, 6) is -0.0891. The second kappa shape index (κ2) is 4.43. The number of halogens is 2. The first-order valence-corrected chi connectivity index (χ1v) is 5.31. The molecule has 2 rings (SSSR count). The van der Waals surface area contributed by atoms with Crippen molar-refractivity contribution in [3.63, 3.8) is 0 Å². The van der Waals surface area contributed by atoms with E-state index in [4.69, 9.17) is 11.6 Å². The van der Waals surface area contributed by atoms with Gasteiger partial charge in [0.05, 0.1) is 0 Å². The van der Waals surface area contributed by atoms with Gasteiger partial charge in [-0.2, -0.15) is 0 Å². The highest BCUT2D eigenvalue weighted by Crippen LogP contribution is 2.27. The summed E-state index contributed by atoms with van der Waals surface area (Å²) in [4.78, 5) is 3.83. The smallest absolute Gasteiger partial charge is 0.164 e. The third kappa shape index (κ3) is 2.27. The normalized spacial score (nSPS) is 22.2. The third-order valence-electron chi connectivity index (χ3n) is 2.79. The SMILES string of the molecule is CNN1CC[C@H](c2cnc(Cl)c(F)c2)C1. The summed E-state index contributed by atoms with van der Waals surface area (Å²) in [6.45, 7) is 1.87. The molecule has 0 saturated carbocycles. The zero-order valence-corrected chi connectivity index (χ0v) is 9.26. The molecule has 2 heterocycles. The fraction of sp³-hybridized carbons (Fsp3) is 0.500. The van der Waals surface area contributed by atoms with Crippen LogP contribution < -0.4 is 5.43 Å². The molecule has 0 unspecified atom stereocenters. The van der Waals surface area contributed by atoms with E-state index in [2.05, 4.69) is 15.4 Å². The predicted molar refractivity (Wildman–Crippen MR) is 57.2 cm³/mol. The van der Waals surface area contributed by atoms with Crippen LogP contribution in [-0.2, 0) is 0 Å². The molecule has 1 aliphatic rings. The van der Waals surface area contributed by atoms with Crippen molar-refractivity contribution in [2.45, 2.75) is 12.3 Å². The van der Waals surface area contributed by atoms with Crippen LogP contribution in [0.4, 0.5) is 4.39 Å². The quantitative estimate of drug-likeness (QED) is 0.784. The van der Waals surface area contributed by atoms with Crippen LogP contribution in [0.2, 0.25) is 5.15 Å². The minimum Gasteiger partial charge on any atom is -0.258 e. The highest BCUT2D eigenvalue weighted by atomic mass is 35.5. The molecule has 1 aromatic heterocycles. The molecule has 0 aliphatic carbocycles. The maximum absolute atomic E-state index is 13.2. The molecule has 1 atom stereocenters. The number of hydrazine groups is 1. The van der Waals surface area contributed by atoms with E-state index in [1.54, 1.807) is 6.20 Å². The van der Waals surface area contributed by atoms with Crippen LogP contribution in [0.25, 0.3) is 0 Å². The summed E-state index contributed by atoms with van der Waals surface area (Å²) in [6.07, 6.45) is 2.68. The lowest BCUT2D eigenvalue weighted by Gasteiger charge is -2.14. The molecule has 0 radical (unpaired) electrons. The monoisotopic (exact) mass is 229 g/mol. The Morgan fingerprint density at radius 2 is 2.47 bits per heavy atom. The lowest BCUT2D eigenvalue weighted by atomic mass is 10.0.